The Kier molecular flexibility index (Phi) is 4.57. The first-order valence-electron chi connectivity index (χ1n) is 6.70. The van der Waals surface area contributed by atoms with Crippen molar-refractivity contribution in [1.82, 2.24) is 15.8 Å². The second-order valence-electron chi connectivity index (χ2n) is 4.56. The molecule has 0 radical (unpaired) electrons. The van der Waals surface area contributed by atoms with Crippen LogP contribution in [0.4, 0.5) is 0 Å². The minimum Gasteiger partial charge on any atom is -0.465 e. The molecule has 0 saturated carbocycles. The van der Waals surface area contributed by atoms with Gasteiger partial charge in [0.1, 0.15) is 12.2 Å². The fraction of sp³-hybridized carbons (Fsp3) is 0.429. The number of carbonyl (C=O) groups excluding carboxylic acids is 1. The summed E-state index contributed by atoms with van der Waals surface area (Å²) in [7, 11) is 0. The van der Waals surface area contributed by atoms with E-state index in [0.717, 1.165) is 12.0 Å². The number of hydrogen-bond acceptors (Lipinski definition) is 4. The molecule has 0 aromatic heterocycles. The highest BCUT2D eigenvalue weighted by Gasteiger charge is 2.40. The van der Waals surface area contributed by atoms with E-state index in [1.807, 2.05) is 30.3 Å². The van der Waals surface area contributed by atoms with Crippen molar-refractivity contribution < 1.29 is 9.53 Å². The van der Waals surface area contributed by atoms with Gasteiger partial charge in [-0.15, -0.1) is 0 Å². The Hall–Kier alpha value is -1.66. The Morgan fingerprint density at radius 1 is 1.35 bits per heavy atom. The molecule has 108 valence electrons. The second-order valence-corrected chi connectivity index (χ2v) is 4.94. The van der Waals surface area contributed by atoms with E-state index in [2.05, 4.69) is 17.7 Å². The van der Waals surface area contributed by atoms with Gasteiger partial charge >= 0.3 is 5.97 Å². The van der Waals surface area contributed by atoms with E-state index in [-0.39, 0.29) is 12.5 Å². The van der Waals surface area contributed by atoms with Gasteiger partial charge in [-0.05, 0) is 31.1 Å². The summed E-state index contributed by atoms with van der Waals surface area (Å²) in [5.41, 5.74) is 3.90. The first kappa shape index (κ1) is 14.7. The van der Waals surface area contributed by atoms with Crippen molar-refractivity contribution in [2.24, 2.45) is 0 Å². The van der Waals surface area contributed by atoms with E-state index >= 15 is 0 Å². The van der Waals surface area contributed by atoms with E-state index in [9.17, 15) is 4.79 Å². The SMILES string of the molecule is CCOC(=O)CN1N[C@](CC)(c2ccccc2)NC1=S. The summed E-state index contributed by atoms with van der Waals surface area (Å²) in [6, 6.07) is 9.98. The molecule has 2 N–H and O–H groups in total. The minimum atomic E-state index is -0.467. The number of ether oxygens (including phenoxy) is 1. The van der Waals surface area contributed by atoms with Crippen LogP contribution in [0, 0.1) is 0 Å². The first-order valence-corrected chi connectivity index (χ1v) is 7.10. The molecule has 1 heterocycles. The van der Waals surface area contributed by atoms with Crippen LogP contribution in [0.5, 0.6) is 0 Å². The Morgan fingerprint density at radius 3 is 2.65 bits per heavy atom. The Labute approximate surface area is 124 Å². The van der Waals surface area contributed by atoms with Crippen molar-refractivity contribution in [3.05, 3.63) is 35.9 Å². The molecule has 5 nitrogen and oxygen atoms in total. The summed E-state index contributed by atoms with van der Waals surface area (Å²) < 4.78 is 4.95. The predicted octanol–water partition coefficient (Wildman–Crippen LogP) is 1.51. The molecule has 1 aliphatic rings. The maximum atomic E-state index is 11.6. The van der Waals surface area contributed by atoms with Crippen molar-refractivity contribution in [1.29, 1.82) is 0 Å². The van der Waals surface area contributed by atoms with E-state index in [1.165, 1.54) is 0 Å². The van der Waals surface area contributed by atoms with Crippen molar-refractivity contribution in [3.8, 4) is 0 Å². The summed E-state index contributed by atoms with van der Waals surface area (Å²) in [6.07, 6.45) is 0.788. The number of benzene rings is 1. The lowest BCUT2D eigenvalue weighted by molar-refractivity contribution is -0.144. The topological polar surface area (TPSA) is 53.6 Å². The summed E-state index contributed by atoms with van der Waals surface area (Å²) in [6.45, 7) is 4.30. The summed E-state index contributed by atoms with van der Waals surface area (Å²) >= 11 is 5.30. The van der Waals surface area contributed by atoms with E-state index in [4.69, 9.17) is 17.0 Å². The van der Waals surface area contributed by atoms with Crippen LogP contribution < -0.4 is 10.7 Å². The smallest absolute Gasteiger partial charge is 0.327 e. The van der Waals surface area contributed by atoms with Gasteiger partial charge in [0.05, 0.1) is 6.61 Å². The van der Waals surface area contributed by atoms with Gasteiger partial charge in [-0.25, -0.2) is 5.43 Å². The zero-order valence-electron chi connectivity index (χ0n) is 11.7. The molecule has 1 aromatic carbocycles. The lowest BCUT2D eigenvalue weighted by Gasteiger charge is -2.29. The molecule has 0 spiro atoms. The summed E-state index contributed by atoms with van der Waals surface area (Å²) in [4.78, 5) is 11.6. The maximum absolute atomic E-state index is 11.6. The van der Waals surface area contributed by atoms with Gasteiger partial charge in [-0.2, -0.15) is 0 Å². The van der Waals surface area contributed by atoms with E-state index in [0.29, 0.717) is 11.7 Å². The highest BCUT2D eigenvalue weighted by molar-refractivity contribution is 7.80. The lowest BCUT2D eigenvalue weighted by atomic mass is 9.98. The maximum Gasteiger partial charge on any atom is 0.327 e. The van der Waals surface area contributed by atoms with Crippen LogP contribution in [0.2, 0.25) is 0 Å². The van der Waals surface area contributed by atoms with Crippen LogP contribution in [0.25, 0.3) is 0 Å². The van der Waals surface area contributed by atoms with Crippen LogP contribution in [-0.4, -0.2) is 29.2 Å². The molecule has 0 unspecified atom stereocenters. The molecule has 1 aliphatic heterocycles. The fourth-order valence-corrected chi connectivity index (χ4v) is 2.52. The first-order chi connectivity index (χ1) is 9.61. The molecular weight excluding hydrogens is 274 g/mol. The standard InChI is InChI=1S/C14H19N3O2S/c1-3-14(11-8-6-5-7-9-11)15-13(20)17(16-14)10-12(18)19-4-2/h5-9,16H,3-4,10H2,1-2H3,(H,15,20)/t14-/m1/s1. The molecule has 0 aliphatic carbocycles. The van der Waals surface area contributed by atoms with Gasteiger partial charge in [0.25, 0.3) is 0 Å². The van der Waals surface area contributed by atoms with Gasteiger partial charge in [-0.1, -0.05) is 37.3 Å². The number of hydrazine groups is 1. The Bertz CT molecular complexity index is 494. The summed E-state index contributed by atoms with van der Waals surface area (Å²) in [5.74, 6) is -0.302. The zero-order valence-corrected chi connectivity index (χ0v) is 12.5. The third-order valence-electron chi connectivity index (χ3n) is 3.28. The van der Waals surface area contributed by atoms with Gasteiger partial charge in [-0.3, -0.25) is 9.80 Å². The van der Waals surface area contributed by atoms with Crippen LogP contribution in [0.3, 0.4) is 0 Å². The number of thiocarbonyl (C=S) groups is 1. The molecule has 1 atom stereocenters. The monoisotopic (exact) mass is 293 g/mol. The molecule has 6 heteroatoms. The molecular formula is C14H19N3O2S. The quantitative estimate of drug-likeness (QED) is 0.634. The highest BCUT2D eigenvalue weighted by atomic mass is 32.1. The number of esters is 1. The normalized spacial score (nSPS) is 21.7. The predicted molar refractivity (Wildman–Crippen MR) is 80.6 cm³/mol. The van der Waals surface area contributed by atoms with Gasteiger partial charge < -0.3 is 10.1 Å². The van der Waals surface area contributed by atoms with E-state index in [1.54, 1.807) is 11.9 Å². The van der Waals surface area contributed by atoms with Crippen molar-refractivity contribution in [2.45, 2.75) is 25.9 Å². The number of carbonyl (C=O) groups is 1. The molecule has 20 heavy (non-hydrogen) atoms. The Morgan fingerprint density at radius 2 is 2.05 bits per heavy atom. The molecule has 1 aromatic rings. The minimum absolute atomic E-state index is 0.0915. The van der Waals surface area contributed by atoms with E-state index < -0.39 is 5.66 Å². The van der Waals surface area contributed by atoms with Crippen molar-refractivity contribution in [2.75, 3.05) is 13.2 Å². The number of rotatable bonds is 5. The molecule has 0 bridgehead atoms. The number of nitrogens with zero attached hydrogens (tertiary/aromatic N) is 1. The zero-order chi connectivity index (χ0) is 14.6. The highest BCUT2D eigenvalue weighted by Crippen LogP contribution is 2.26. The van der Waals surface area contributed by atoms with Crippen LogP contribution >= 0.6 is 12.2 Å². The van der Waals surface area contributed by atoms with Crippen LogP contribution in [0.15, 0.2) is 30.3 Å². The fourth-order valence-electron chi connectivity index (χ4n) is 2.24. The second kappa shape index (κ2) is 6.19. The Balaban J connectivity index is 2.15. The molecule has 2 rings (SSSR count). The van der Waals surface area contributed by atoms with Crippen LogP contribution in [-0.2, 0) is 15.2 Å². The molecule has 1 fully saturated rings. The third-order valence-corrected chi connectivity index (χ3v) is 3.60. The van der Waals surface area contributed by atoms with Crippen LogP contribution in [0.1, 0.15) is 25.8 Å². The van der Waals surface area contributed by atoms with Gasteiger partial charge in [0.2, 0.25) is 0 Å². The third kappa shape index (κ3) is 2.91. The average molecular weight is 293 g/mol. The van der Waals surface area contributed by atoms with Gasteiger partial charge in [0.15, 0.2) is 5.11 Å². The van der Waals surface area contributed by atoms with Gasteiger partial charge in [0, 0.05) is 0 Å². The lowest BCUT2D eigenvalue weighted by Crippen LogP contribution is -2.48. The van der Waals surface area contributed by atoms with Crippen molar-refractivity contribution >= 4 is 23.3 Å². The van der Waals surface area contributed by atoms with Crippen molar-refractivity contribution in [3.63, 3.8) is 0 Å². The largest absolute Gasteiger partial charge is 0.465 e. The molecule has 1 saturated heterocycles. The number of nitrogens with one attached hydrogen (secondary N) is 2. The summed E-state index contributed by atoms with van der Waals surface area (Å²) in [5, 5.41) is 5.40. The number of hydrogen-bond donors (Lipinski definition) is 2. The molecule has 0 amide bonds. The average Bonchev–Trinajstić information content (AvgIpc) is 2.78.